The van der Waals surface area contributed by atoms with Gasteiger partial charge in [-0.15, -0.1) is 0 Å². The number of thioether (sulfide) groups is 1. The van der Waals surface area contributed by atoms with E-state index in [0.717, 1.165) is 16.7 Å². The van der Waals surface area contributed by atoms with Gasteiger partial charge in [0.1, 0.15) is 6.54 Å². The number of ether oxygens (including phenoxy) is 3. The smallest absolute Gasteiger partial charge is 0.339 e. The zero-order valence-electron chi connectivity index (χ0n) is 21.5. The summed E-state index contributed by atoms with van der Waals surface area (Å²) in [6.45, 7) is 7.70. The summed E-state index contributed by atoms with van der Waals surface area (Å²) in [5.74, 6) is -0.712. The van der Waals surface area contributed by atoms with E-state index < -0.39 is 29.6 Å². The van der Waals surface area contributed by atoms with Crippen LogP contribution >= 0.6 is 23.4 Å². The quantitative estimate of drug-likeness (QED) is 0.272. The van der Waals surface area contributed by atoms with E-state index >= 15 is 0 Å². The predicted octanol–water partition coefficient (Wildman–Crippen LogP) is 5.77. The first-order chi connectivity index (χ1) is 18.1. The van der Waals surface area contributed by atoms with Crippen LogP contribution in [0.4, 0.5) is 10.5 Å². The zero-order chi connectivity index (χ0) is 27.8. The molecule has 0 atom stereocenters. The molecule has 2 aromatic carbocycles. The van der Waals surface area contributed by atoms with Crippen molar-refractivity contribution in [2.45, 2.75) is 40.2 Å². The maximum Gasteiger partial charge on any atom is 0.339 e. The number of hydrogen-bond donors (Lipinski definition) is 1. The first-order valence-corrected chi connectivity index (χ1v) is 13.3. The van der Waals surface area contributed by atoms with E-state index in [1.165, 1.54) is 18.2 Å². The molecule has 0 unspecified atom stereocenters. The molecule has 1 fully saturated rings. The van der Waals surface area contributed by atoms with Gasteiger partial charge in [0.25, 0.3) is 11.1 Å². The Morgan fingerprint density at radius 2 is 1.87 bits per heavy atom. The minimum atomic E-state index is -0.613. The number of benzene rings is 2. The number of carbonyl (C=O) groups excluding carboxylic acids is 4. The van der Waals surface area contributed by atoms with Gasteiger partial charge in [-0.2, -0.15) is 0 Å². The SMILES string of the molecule is CCCOC(=O)c1cc(NC(=O)CN2C(=O)S/C(=C/c3ccc(OC(C)C)c(OCC)c3)C2=O)ccc1Cl. The number of halogens is 1. The van der Waals surface area contributed by atoms with Gasteiger partial charge in [-0.3, -0.25) is 19.3 Å². The van der Waals surface area contributed by atoms with Gasteiger partial charge in [0.05, 0.1) is 34.8 Å². The molecule has 1 saturated heterocycles. The number of esters is 1. The summed E-state index contributed by atoms with van der Waals surface area (Å²) in [5.41, 5.74) is 1.02. The highest BCUT2D eigenvalue weighted by atomic mass is 35.5. The second-order valence-corrected chi connectivity index (χ2v) is 9.85. The van der Waals surface area contributed by atoms with Crippen LogP contribution in [0, 0.1) is 0 Å². The Morgan fingerprint density at radius 3 is 2.55 bits per heavy atom. The van der Waals surface area contributed by atoms with Crippen LogP contribution in [0.3, 0.4) is 0 Å². The fourth-order valence-corrected chi connectivity index (χ4v) is 4.43. The van der Waals surface area contributed by atoms with E-state index in [1.54, 1.807) is 24.3 Å². The first-order valence-electron chi connectivity index (χ1n) is 12.1. The molecule has 0 spiro atoms. The van der Waals surface area contributed by atoms with Crippen LogP contribution in [0.5, 0.6) is 11.5 Å². The molecule has 1 heterocycles. The van der Waals surface area contributed by atoms with Crippen molar-refractivity contribution in [3.63, 3.8) is 0 Å². The van der Waals surface area contributed by atoms with Crippen LogP contribution in [0.2, 0.25) is 5.02 Å². The van der Waals surface area contributed by atoms with Gasteiger partial charge >= 0.3 is 5.97 Å². The molecule has 2 aromatic rings. The van der Waals surface area contributed by atoms with Crippen molar-refractivity contribution in [2.75, 3.05) is 25.1 Å². The van der Waals surface area contributed by atoms with Crippen LogP contribution in [-0.4, -0.2) is 53.8 Å². The minimum Gasteiger partial charge on any atom is -0.490 e. The van der Waals surface area contributed by atoms with Gasteiger partial charge in [0, 0.05) is 5.69 Å². The van der Waals surface area contributed by atoms with E-state index in [9.17, 15) is 19.2 Å². The average molecular weight is 561 g/mol. The van der Waals surface area contributed by atoms with Crippen molar-refractivity contribution in [1.29, 1.82) is 0 Å². The molecule has 11 heteroatoms. The van der Waals surface area contributed by atoms with Gasteiger partial charge in [-0.25, -0.2) is 4.79 Å². The number of amides is 3. The standard InChI is InChI=1S/C27H29ClN2O7S/c1-5-11-36-26(33)19-14-18(8-9-20(19)28)29-24(31)15-30-25(32)23(38-27(30)34)13-17-7-10-21(37-16(3)4)22(12-17)35-6-2/h7-10,12-14,16H,5-6,11,15H2,1-4H3,(H,29,31)/b23-13+. The maximum atomic E-state index is 12.9. The van der Waals surface area contributed by atoms with Crippen LogP contribution in [0.15, 0.2) is 41.3 Å². The lowest BCUT2D eigenvalue weighted by Crippen LogP contribution is -2.36. The van der Waals surface area contributed by atoms with E-state index in [-0.39, 0.29) is 33.9 Å². The van der Waals surface area contributed by atoms with E-state index in [2.05, 4.69) is 5.32 Å². The molecule has 3 amide bonds. The molecule has 0 aromatic heterocycles. The second-order valence-electron chi connectivity index (χ2n) is 8.45. The molecule has 9 nitrogen and oxygen atoms in total. The lowest BCUT2D eigenvalue weighted by molar-refractivity contribution is -0.127. The summed E-state index contributed by atoms with van der Waals surface area (Å²) in [5, 5.41) is 2.19. The Bertz CT molecular complexity index is 1260. The molecular weight excluding hydrogens is 532 g/mol. The number of carbonyl (C=O) groups is 4. The number of hydrogen-bond acceptors (Lipinski definition) is 8. The van der Waals surface area contributed by atoms with Crippen molar-refractivity contribution < 1.29 is 33.4 Å². The Balaban J connectivity index is 1.70. The number of rotatable bonds is 11. The summed E-state index contributed by atoms with van der Waals surface area (Å²) in [6.07, 6.45) is 2.17. The highest BCUT2D eigenvalue weighted by Crippen LogP contribution is 2.35. The molecule has 0 saturated carbocycles. The van der Waals surface area contributed by atoms with Gasteiger partial charge in [-0.05, 0) is 80.9 Å². The van der Waals surface area contributed by atoms with Crippen molar-refractivity contribution in [3.8, 4) is 11.5 Å². The molecule has 1 aliphatic heterocycles. The number of anilines is 1. The third kappa shape index (κ3) is 7.52. The summed E-state index contributed by atoms with van der Waals surface area (Å²) in [6, 6.07) is 9.57. The lowest BCUT2D eigenvalue weighted by atomic mass is 10.1. The van der Waals surface area contributed by atoms with E-state index in [4.69, 9.17) is 25.8 Å². The van der Waals surface area contributed by atoms with Crippen molar-refractivity contribution >= 4 is 58.1 Å². The Labute approximate surface area is 230 Å². The topological polar surface area (TPSA) is 111 Å². The largest absolute Gasteiger partial charge is 0.490 e. The molecule has 1 N–H and O–H groups in total. The predicted molar refractivity (Wildman–Crippen MR) is 147 cm³/mol. The molecule has 0 radical (unpaired) electrons. The van der Waals surface area contributed by atoms with Gasteiger partial charge in [0.15, 0.2) is 11.5 Å². The number of nitrogens with zero attached hydrogens (tertiary/aromatic N) is 1. The Hall–Kier alpha value is -3.50. The molecule has 0 aliphatic carbocycles. The first kappa shape index (κ1) is 29.1. The van der Waals surface area contributed by atoms with Crippen molar-refractivity contribution in [1.82, 2.24) is 4.90 Å². The number of imide groups is 1. The summed E-state index contributed by atoms with van der Waals surface area (Å²) in [7, 11) is 0. The molecule has 1 aliphatic rings. The highest BCUT2D eigenvalue weighted by molar-refractivity contribution is 8.18. The van der Waals surface area contributed by atoms with Gasteiger partial charge in [-0.1, -0.05) is 24.6 Å². The molecule has 38 heavy (non-hydrogen) atoms. The van der Waals surface area contributed by atoms with Crippen molar-refractivity contribution in [3.05, 3.63) is 57.5 Å². The molecule has 3 rings (SSSR count). The Morgan fingerprint density at radius 1 is 1.11 bits per heavy atom. The fraction of sp³-hybridized carbons (Fsp3) is 0.333. The molecular formula is C27H29ClN2O7S. The summed E-state index contributed by atoms with van der Waals surface area (Å²) >= 11 is 6.83. The monoisotopic (exact) mass is 560 g/mol. The van der Waals surface area contributed by atoms with E-state index in [1.807, 2.05) is 27.7 Å². The normalized spacial score (nSPS) is 14.3. The van der Waals surface area contributed by atoms with Crippen LogP contribution in [0.25, 0.3) is 6.08 Å². The van der Waals surface area contributed by atoms with Crippen LogP contribution in [0.1, 0.15) is 50.0 Å². The minimum absolute atomic E-state index is 0.0444. The zero-order valence-corrected chi connectivity index (χ0v) is 23.1. The molecule has 0 bridgehead atoms. The highest BCUT2D eigenvalue weighted by Gasteiger charge is 2.36. The van der Waals surface area contributed by atoms with Gasteiger partial charge < -0.3 is 19.5 Å². The van der Waals surface area contributed by atoms with Crippen molar-refractivity contribution in [2.24, 2.45) is 0 Å². The summed E-state index contributed by atoms with van der Waals surface area (Å²) in [4.78, 5) is 51.3. The second kappa shape index (κ2) is 13.3. The third-order valence-corrected chi connectivity index (χ3v) is 6.25. The lowest BCUT2D eigenvalue weighted by Gasteiger charge is -2.15. The molecule has 202 valence electrons. The summed E-state index contributed by atoms with van der Waals surface area (Å²) < 4.78 is 16.5. The Kier molecular flexibility index (Phi) is 10.2. The average Bonchev–Trinajstić information content (AvgIpc) is 3.12. The van der Waals surface area contributed by atoms with Crippen LogP contribution < -0.4 is 14.8 Å². The fourth-order valence-electron chi connectivity index (χ4n) is 3.40. The van der Waals surface area contributed by atoms with Gasteiger partial charge in [0.2, 0.25) is 5.91 Å². The maximum absolute atomic E-state index is 12.9. The third-order valence-electron chi connectivity index (χ3n) is 5.01. The van der Waals surface area contributed by atoms with Crippen LogP contribution in [-0.2, 0) is 14.3 Å². The van der Waals surface area contributed by atoms with E-state index in [0.29, 0.717) is 30.1 Å². The number of nitrogens with one attached hydrogen (secondary N) is 1.